The molecule has 0 bridgehead atoms. The lowest BCUT2D eigenvalue weighted by Gasteiger charge is -2.40. The van der Waals surface area contributed by atoms with Gasteiger partial charge in [0.2, 0.25) is 0 Å². The summed E-state index contributed by atoms with van der Waals surface area (Å²) < 4.78 is 0. The van der Waals surface area contributed by atoms with E-state index >= 15 is 0 Å². The molecule has 172 valence electrons. The first-order chi connectivity index (χ1) is 14.3. The van der Waals surface area contributed by atoms with Gasteiger partial charge < -0.3 is 10.2 Å². The van der Waals surface area contributed by atoms with Gasteiger partial charge in [-0.05, 0) is 70.0 Å². The summed E-state index contributed by atoms with van der Waals surface area (Å²) in [5, 5.41) is 3.96. The molecule has 2 unspecified atom stereocenters. The van der Waals surface area contributed by atoms with Crippen molar-refractivity contribution in [2.75, 3.05) is 19.6 Å². The third-order valence-corrected chi connectivity index (χ3v) is 8.14. The molecule has 0 aromatic heterocycles. The lowest BCUT2D eigenvalue weighted by atomic mass is 9.75. The molecule has 0 aromatic carbocycles. The van der Waals surface area contributed by atoms with Gasteiger partial charge in [-0.2, -0.15) is 0 Å². The highest BCUT2D eigenvalue weighted by Gasteiger charge is 2.30. The molecule has 29 heavy (non-hydrogen) atoms. The van der Waals surface area contributed by atoms with Crippen LogP contribution in [0.4, 0.5) is 0 Å². The van der Waals surface area contributed by atoms with Crippen LogP contribution < -0.4 is 5.32 Å². The van der Waals surface area contributed by atoms with E-state index in [1.54, 1.807) is 0 Å². The maximum Gasteiger partial charge on any atom is 0.0135 e. The first kappa shape index (κ1) is 25.2. The fourth-order valence-electron chi connectivity index (χ4n) is 6.10. The average molecular weight is 407 g/mol. The van der Waals surface area contributed by atoms with Crippen molar-refractivity contribution in [1.82, 2.24) is 10.2 Å². The highest BCUT2D eigenvalue weighted by molar-refractivity contribution is 4.85. The van der Waals surface area contributed by atoms with Gasteiger partial charge in [-0.25, -0.2) is 0 Å². The SMILES string of the molecule is CCCCC1CCC(C2CCNC(CC)CCCCCCCCCN2CC)CC1. The van der Waals surface area contributed by atoms with E-state index in [-0.39, 0.29) is 0 Å². The predicted molar refractivity (Wildman–Crippen MR) is 130 cm³/mol. The standard InChI is InChI=1S/C27H54N2/c1-4-7-15-24-17-19-25(20-18-24)27-21-22-28-26(5-2)16-13-11-9-8-10-12-14-23-29(27)6-3/h24-28H,4-23H2,1-3H3. The van der Waals surface area contributed by atoms with E-state index < -0.39 is 0 Å². The molecular formula is C27H54N2. The van der Waals surface area contributed by atoms with E-state index in [2.05, 4.69) is 31.0 Å². The second-order valence-corrected chi connectivity index (χ2v) is 10.2. The Hall–Kier alpha value is -0.0800. The fraction of sp³-hybridized carbons (Fsp3) is 1.00. The Labute approximate surface area is 184 Å². The molecule has 1 saturated carbocycles. The molecule has 0 spiro atoms. The van der Waals surface area contributed by atoms with Crippen molar-refractivity contribution >= 4 is 0 Å². The number of hydrogen-bond donors (Lipinski definition) is 1. The Morgan fingerprint density at radius 2 is 1.45 bits per heavy atom. The van der Waals surface area contributed by atoms with E-state index in [4.69, 9.17) is 0 Å². The average Bonchev–Trinajstić information content (AvgIpc) is 2.76. The minimum Gasteiger partial charge on any atom is -0.314 e. The van der Waals surface area contributed by atoms with Crippen LogP contribution in [0, 0.1) is 11.8 Å². The zero-order valence-corrected chi connectivity index (χ0v) is 20.4. The van der Waals surface area contributed by atoms with E-state index in [1.165, 1.54) is 129 Å². The van der Waals surface area contributed by atoms with Gasteiger partial charge in [0, 0.05) is 12.1 Å². The van der Waals surface area contributed by atoms with Gasteiger partial charge >= 0.3 is 0 Å². The van der Waals surface area contributed by atoms with Gasteiger partial charge in [-0.1, -0.05) is 91.4 Å². The third-order valence-electron chi connectivity index (χ3n) is 8.14. The van der Waals surface area contributed by atoms with Gasteiger partial charge in [0.25, 0.3) is 0 Å². The zero-order chi connectivity index (χ0) is 20.7. The van der Waals surface area contributed by atoms with Gasteiger partial charge in [-0.15, -0.1) is 0 Å². The first-order valence-electron chi connectivity index (χ1n) is 13.8. The third kappa shape index (κ3) is 9.72. The number of nitrogens with zero attached hydrogens (tertiary/aromatic N) is 1. The summed E-state index contributed by atoms with van der Waals surface area (Å²) in [6.45, 7) is 11.0. The zero-order valence-electron chi connectivity index (χ0n) is 20.4. The van der Waals surface area contributed by atoms with Crippen LogP contribution >= 0.6 is 0 Å². The lowest BCUT2D eigenvalue weighted by Crippen LogP contribution is -2.45. The van der Waals surface area contributed by atoms with Gasteiger partial charge in [0.05, 0.1) is 0 Å². The molecule has 2 heteroatoms. The van der Waals surface area contributed by atoms with E-state index in [1.807, 2.05) is 0 Å². The molecule has 0 amide bonds. The van der Waals surface area contributed by atoms with Crippen molar-refractivity contribution in [3.8, 4) is 0 Å². The molecule has 2 aliphatic rings. The summed E-state index contributed by atoms with van der Waals surface area (Å²) in [6, 6.07) is 1.57. The quantitative estimate of drug-likeness (QED) is 0.489. The molecule has 1 aliphatic carbocycles. The Morgan fingerprint density at radius 1 is 0.759 bits per heavy atom. The molecular weight excluding hydrogens is 352 g/mol. The van der Waals surface area contributed by atoms with Crippen LogP contribution in [0.3, 0.4) is 0 Å². The molecule has 1 aliphatic heterocycles. The highest BCUT2D eigenvalue weighted by atomic mass is 15.2. The molecule has 1 saturated heterocycles. The van der Waals surface area contributed by atoms with Crippen LogP contribution in [0.15, 0.2) is 0 Å². The Kier molecular flexibility index (Phi) is 13.6. The van der Waals surface area contributed by atoms with Gasteiger partial charge in [0.1, 0.15) is 0 Å². The number of hydrogen-bond acceptors (Lipinski definition) is 2. The minimum atomic E-state index is 0.751. The second-order valence-electron chi connectivity index (χ2n) is 10.2. The van der Waals surface area contributed by atoms with Crippen LogP contribution in [-0.2, 0) is 0 Å². The highest BCUT2D eigenvalue weighted by Crippen LogP contribution is 2.36. The fourth-order valence-corrected chi connectivity index (χ4v) is 6.10. The Morgan fingerprint density at radius 3 is 2.10 bits per heavy atom. The predicted octanol–water partition coefficient (Wildman–Crippen LogP) is 7.57. The number of unbranched alkanes of at least 4 members (excludes halogenated alkanes) is 1. The van der Waals surface area contributed by atoms with Crippen molar-refractivity contribution in [2.45, 2.75) is 142 Å². The van der Waals surface area contributed by atoms with E-state index in [0.717, 1.165) is 23.9 Å². The van der Waals surface area contributed by atoms with Crippen molar-refractivity contribution in [3.05, 3.63) is 0 Å². The molecule has 1 N–H and O–H groups in total. The monoisotopic (exact) mass is 406 g/mol. The molecule has 2 atom stereocenters. The maximum atomic E-state index is 3.96. The van der Waals surface area contributed by atoms with Gasteiger partial charge in [-0.3, -0.25) is 0 Å². The summed E-state index contributed by atoms with van der Waals surface area (Å²) in [4.78, 5) is 2.89. The molecule has 2 fully saturated rings. The smallest absolute Gasteiger partial charge is 0.0135 e. The van der Waals surface area contributed by atoms with Crippen LogP contribution in [0.1, 0.15) is 130 Å². The summed E-state index contributed by atoms with van der Waals surface area (Å²) in [7, 11) is 0. The minimum absolute atomic E-state index is 0.751. The molecule has 1 heterocycles. The van der Waals surface area contributed by atoms with Crippen molar-refractivity contribution in [3.63, 3.8) is 0 Å². The lowest BCUT2D eigenvalue weighted by molar-refractivity contribution is 0.0976. The molecule has 2 rings (SSSR count). The summed E-state index contributed by atoms with van der Waals surface area (Å²) >= 11 is 0. The van der Waals surface area contributed by atoms with Crippen LogP contribution in [-0.4, -0.2) is 36.6 Å². The van der Waals surface area contributed by atoms with E-state index in [0.29, 0.717) is 0 Å². The van der Waals surface area contributed by atoms with Crippen LogP contribution in [0.25, 0.3) is 0 Å². The normalized spacial score (nSPS) is 32.4. The van der Waals surface area contributed by atoms with Crippen molar-refractivity contribution in [1.29, 1.82) is 0 Å². The summed E-state index contributed by atoms with van der Waals surface area (Å²) in [5.41, 5.74) is 0. The number of nitrogens with one attached hydrogen (secondary N) is 1. The Balaban J connectivity index is 1.94. The van der Waals surface area contributed by atoms with Crippen molar-refractivity contribution < 1.29 is 0 Å². The van der Waals surface area contributed by atoms with Crippen molar-refractivity contribution in [2.24, 2.45) is 11.8 Å². The second kappa shape index (κ2) is 15.7. The topological polar surface area (TPSA) is 15.3 Å². The number of rotatable bonds is 6. The first-order valence-corrected chi connectivity index (χ1v) is 13.8. The largest absolute Gasteiger partial charge is 0.314 e. The van der Waals surface area contributed by atoms with Crippen LogP contribution in [0.5, 0.6) is 0 Å². The molecule has 0 aromatic rings. The Bertz CT molecular complexity index is 375. The molecule has 2 nitrogen and oxygen atoms in total. The van der Waals surface area contributed by atoms with Crippen LogP contribution in [0.2, 0.25) is 0 Å². The van der Waals surface area contributed by atoms with Gasteiger partial charge in [0.15, 0.2) is 0 Å². The maximum absolute atomic E-state index is 3.96. The van der Waals surface area contributed by atoms with E-state index in [9.17, 15) is 0 Å². The molecule has 0 radical (unpaired) electrons. The summed E-state index contributed by atoms with van der Waals surface area (Å²) in [5.74, 6) is 1.98. The summed E-state index contributed by atoms with van der Waals surface area (Å²) in [6.07, 6.45) is 24.5.